The average molecular weight is 562 g/mol. The van der Waals surface area contributed by atoms with Crippen molar-refractivity contribution in [3.63, 3.8) is 0 Å². The first kappa shape index (κ1) is 26.4. The fraction of sp³-hybridized carbons (Fsp3) is 0.233. The Morgan fingerprint density at radius 2 is 1.70 bits per heavy atom. The van der Waals surface area contributed by atoms with E-state index in [0.717, 1.165) is 33.1 Å². The number of nitrogens with zero attached hydrogens (tertiary/aromatic N) is 1. The van der Waals surface area contributed by atoms with Crippen LogP contribution in [0.5, 0.6) is 0 Å². The van der Waals surface area contributed by atoms with Gasteiger partial charge in [-0.3, -0.25) is 9.59 Å². The summed E-state index contributed by atoms with van der Waals surface area (Å²) < 4.78 is 6.06. The lowest BCUT2D eigenvalue weighted by Crippen LogP contribution is -2.29. The van der Waals surface area contributed by atoms with E-state index < -0.39 is 23.7 Å². The Morgan fingerprint density at radius 3 is 2.35 bits per heavy atom. The Kier molecular flexibility index (Phi) is 7.93. The number of carbonyl (C=O) groups excluding carboxylic acids is 3. The van der Waals surface area contributed by atoms with Gasteiger partial charge in [0.1, 0.15) is 5.76 Å². The number of aliphatic hydroxyl groups is 1. The molecular formula is C30H28BrNO5. The minimum absolute atomic E-state index is 0.0529. The molecule has 1 fully saturated rings. The van der Waals surface area contributed by atoms with Crippen LogP contribution in [0.15, 0.2) is 76.8 Å². The number of ether oxygens (including phenoxy) is 1. The van der Waals surface area contributed by atoms with Gasteiger partial charge in [-0.15, -0.1) is 0 Å². The molecule has 1 unspecified atom stereocenters. The lowest BCUT2D eigenvalue weighted by Gasteiger charge is -2.26. The van der Waals surface area contributed by atoms with Gasteiger partial charge >= 0.3 is 5.97 Å². The van der Waals surface area contributed by atoms with E-state index in [1.165, 1.54) is 4.90 Å². The SMILES string of the molecule is CCCOC(=O)c1ccc(CN2C(=O)C(=O)/C(=C(\O)c3ccc(Br)c(C)c3)C2c2cccc(C)c2)cc1. The van der Waals surface area contributed by atoms with E-state index in [9.17, 15) is 19.5 Å². The number of hydrogen-bond donors (Lipinski definition) is 1. The Bertz CT molecular complexity index is 1390. The Balaban J connectivity index is 1.75. The average Bonchev–Trinajstić information content (AvgIpc) is 3.13. The molecule has 1 amide bonds. The molecule has 3 aromatic rings. The topological polar surface area (TPSA) is 83.9 Å². The van der Waals surface area contributed by atoms with Crippen molar-refractivity contribution in [1.29, 1.82) is 0 Å². The Morgan fingerprint density at radius 1 is 1.00 bits per heavy atom. The van der Waals surface area contributed by atoms with Crippen LogP contribution in [0, 0.1) is 13.8 Å². The molecule has 1 atom stereocenters. The number of carbonyl (C=O) groups is 3. The molecule has 7 heteroatoms. The number of hydrogen-bond acceptors (Lipinski definition) is 5. The molecule has 0 radical (unpaired) electrons. The summed E-state index contributed by atoms with van der Waals surface area (Å²) in [5.41, 5.74) is 4.27. The highest BCUT2D eigenvalue weighted by atomic mass is 79.9. The van der Waals surface area contributed by atoms with Gasteiger partial charge in [-0.25, -0.2) is 4.79 Å². The summed E-state index contributed by atoms with van der Waals surface area (Å²) in [7, 11) is 0. The fourth-order valence-corrected chi connectivity index (χ4v) is 4.64. The van der Waals surface area contributed by atoms with Crippen LogP contribution in [0.4, 0.5) is 0 Å². The van der Waals surface area contributed by atoms with Crippen LogP contribution in [0.2, 0.25) is 0 Å². The van der Waals surface area contributed by atoms with E-state index in [0.29, 0.717) is 17.7 Å². The van der Waals surface area contributed by atoms with Gasteiger partial charge < -0.3 is 14.7 Å². The number of benzene rings is 3. The molecule has 1 saturated heterocycles. The van der Waals surface area contributed by atoms with Crippen LogP contribution in [-0.4, -0.2) is 34.3 Å². The second-order valence-corrected chi connectivity index (χ2v) is 9.99. The molecule has 190 valence electrons. The number of likely N-dealkylation sites (tertiary alicyclic amines) is 1. The molecule has 37 heavy (non-hydrogen) atoms. The van der Waals surface area contributed by atoms with Crippen LogP contribution in [-0.2, 0) is 20.9 Å². The predicted octanol–water partition coefficient (Wildman–Crippen LogP) is 6.25. The van der Waals surface area contributed by atoms with Gasteiger partial charge in [0.15, 0.2) is 0 Å². The van der Waals surface area contributed by atoms with Gasteiger partial charge in [-0.2, -0.15) is 0 Å². The maximum atomic E-state index is 13.3. The highest BCUT2D eigenvalue weighted by Crippen LogP contribution is 2.40. The molecule has 0 saturated carbocycles. The van der Waals surface area contributed by atoms with E-state index in [1.807, 2.05) is 45.0 Å². The molecule has 4 rings (SSSR count). The van der Waals surface area contributed by atoms with E-state index in [2.05, 4.69) is 15.9 Å². The number of esters is 1. The Hall–Kier alpha value is -3.71. The van der Waals surface area contributed by atoms with Gasteiger partial charge in [0, 0.05) is 16.6 Å². The Labute approximate surface area is 224 Å². The summed E-state index contributed by atoms with van der Waals surface area (Å²) in [5.74, 6) is -2.03. The molecule has 1 N–H and O–H groups in total. The van der Waals surface area contributed by atoms with Crippen molar-refractivity contribution in [2.75, 3.05) is 6.61 Å². The number of amides is 1. The van der Waals surface area contributed by atoms with Crippen molar-refractivity contribution in [3.05, 3.63) is 110 Å². The first-order chi connectivity index (χ1) is 17.7. The molecule has 6 nitrogen and oxygen atoms in total. The van der Waals surface area contributed by atoms with E-state index >= 15 is 0 Å². The molecule has 0 aliphatic carbocycles. The van der Waals surface area contributed by atoms with Crippen molar-refractivity contribution in [2.45, 2.75) is 39.8 Å². The lowest BCUT2D eigenvalue weighted by atomic mass is 9.94. The van der Waals surface area contributed by atoms with Crippen molar-refractivity contribution in [2.24, 2.45) is 0 Å². The third kappa shape index (κ3) is 5.52. The first-order valence-corrected chi connectivity index (χ1v) is 12.9. The monoisotopic (exact) mass is 561 g/mol. The third-order valence-electron chi connectivity index (χ3n) is 6.31. The summed E-state index contributed by atoms with van der Waals surface area (Å²) in [6.07, 6.45) is 0.734. The zero-order chi connectivity index (χ0) is 26.7. The molecule has 1 aliphatic heterocycles. The minimum Gasteiger partial charge on any atom is -0.507 e. The lowest BCUT2D eigenvalue weighted by molar-refractivity contribution is -0.140. The number of aryl methyl sites for hydroxylation is 2. The van der Waals surface area contributed by atoms with Crippen molar-refractivity contribution in [1.82, 2.24) is 4.90 Å². The number of ketones is 1. The molecule has 0 aromatic heterocycles. The maximum Gasteiger partial charge on any atom is 0.338 e. The second kappa shape index (κ2) is 11.1. The standard InChI is InChI=1S/C30H28BrNO5/c1-4-14-37-30(36)21-10-8-20(9-11-21)17-32-26(22-7-5-6-18(2)15-22)25(28(34)29(32)35)27(33)23-12-13-24(31)19(3)16-23/h5-13,15-16,26,33H,4,14,17H2,1-3H3/b27-25-. The summed E-state index contributed by atoms with van der Waals surface area (Å²) in [5, 5.41) is 11.3. The summed E-state index contributed by atoms with van der Waals surface area (Å²) >= 11 is 3.46. The smallest absolute Gasteiger partial charge is 0.338 e. The van der Waals surface area contributed by atoms with Gasteiger partial charge in [-0.05, 0) is 61.2 Å². The second-order valence-electron chi connectivity index (χ2n) is 9.14. The number of rotatable bonds is 7. The number of halogens is 1. The number of aliphatic hydroxyl groups excluding tert-OH is 1. The zero-order valence-electron chi connectivity index (χ0n) is 21.0. The molecule has 1 heterocycles. The zero-order valence-corrected chi connectivity index (χ0v) is 22.5. The molecule has 3 aromatic carbocycles. The van der Waals surface area contributed by atoms with Crippen LogP contribution in [0.25, 0.3) is 5.76 Å². The molecule has 0 spiro atoms. The van der Waals surface area contributed by atoms with Crippen LogP contribution < -0.4 is 0 Å². The van der Waals surface area contributed by atoms with E-state index in [1.54, 1.807) is 42.5 Å². The molecule has 1 aliphatic rings. The van der Waals surface area contributed by atoms with Gasteiger partial charge in [-0.1, -0.05) is 70.9 Å². The van der Waals surface area contributed by atoms with Gasteiger partial charge in [0.25, 0.3) is 11.7 Å². The van der Waals surface area contributed by atoms with Crippen molar-refractivity contribution < 1.29 is 24.2 Å². The summed E-state index contributed by atoms with van der Waals surface area (Å²) in [6.45, 7) is 6.22. The van der Waals surface area contributed by atoms with Gasteiger partial charge in [0.2, 0.25) is 0 Å². The highest BCUT2D eigenvalue weighted by molar-refractivity contribution is 9.10. The highest BCUT2D eigenvalue weighted by Gasteiger charge is 2.46. The summed E-state index contributed by atoms with van der Waals surface area (Å²) in [4.78, 5) is 40.2. The largest absolute Gasteiger partial charge is 0.507 e. The third-order valence-corrected chi connectivity index (χ3v) is 7.20. The van der Waals surface area contributed by atoms with Crippen LogP contribution in [0.3, 0.4) is 0 Å². The van der Waals surface area contributed by atoms with Crippen molar-refractivity contribution in [3.8, 4) is 0 Å². The fourth-order valence-electron chi connectivity index (χ4n) is 4.40. The predicted molar refractivity (Wildman–Crippen MR) is 145 cm³/mol. The van der Waals surface area contributed by atoms with Crippen LogP contribution in [0.1, 0.15) is 57.6 Å². The maximum absolute atomic E-state index is 13.3. The van der Waals surface area contributed by atoms with Crippen LogP contribution >= 0.6 is 15.9 Å². The molecular weight excluding hydrogens is 534 g/mol. The van der Waals surface area contributed by atoms with E-state index in [-0.39, 0.29) is 17.9 Å². The first-order valence-electron chi connectivity index (χ1n) is 12.1. The van der Waals surface area contributed by atoms with Crippen molar-refractivity contribution >= 4 is 39.3 Å². The quantitative estimate of drug-likeness (QED) is 0.159. The minimum atomic E-state index is -0.766. The molecule has 0 bridgehead atoms. The number of Topliss-reactive ketones (excluding diaryl/α,β-unsaturated/α-hetero) is 1. The summed E-state index contributed by atoms with van der Waals surface area (Å²) in [6, 6.07) is 18.9. The normalized spacial score (nSPS) is 16.8. The van der Waals surface area contributed by atoms with Gasteiger partial charge in [0.05, 0.1) is 23.8 Å². The van der Waals surface area contributed by atoms with E-state index in [4.69, 9.17) is 4.74 Å².